The van der Waals surface area contributed by atoms with Gasteiger partial charge in [-0.25, -0.2) is 0 Å². The Labute approximate surface area is 140 Å². The lowest BCUT2D eigenvalue weighted by Crippen LogP contribution is -2.38. The van der Waals surface area contributed by atoms with Gasteiger partial charge in [-0.2, -0.15) is 0 Å². The molecule has 1 aromatic rings. The first kappa shape index (κ1) is 20.7. The molecule has 0 aliphatic heterocycles. The fourth-order valence-electron chi connectivity index (χ4n) is 2.60. The summed E-state index contributed by atoms with van der Waals surface area (Å²) >= 11 is 0. The highest BCUT2D eigenvalue weighted by Crippen LogP contribution is 2.16. The number of nitrogens with one attached hydrogen (secondary N) is 1. The van der Waals surface area contributed by atoms with E-state index < -0.39 is 0 Å². The fraction of sp³-hybridized carbons (Fsp3) is 0.625. The van der Waals surface area contributed by atoms with Crippen molar-refractivity contribution < 1.29 is 4.74 Å². The van der Waals surface area contributed by atoms with E-state index in [0.29, 0.717) is 12.1 Å². The van der Waals surface area contributed by atoms with Crippen LogP contribution in [0.4, 0.5) is 0 Å². The molecule has 21 heavy (non-hydrogen) atoms. The van der Waals surface area contributed by atoms with Crippen LogP contribution >= 0.6 is 24.8 Å². The normalized spacial score (nSPS) is 21.2. The highest BCUT2D eigenvalue weighted by atomic mass is 35.5. The predicted molar refractivity (Wildman–Crippen MR) is 93.7 cm³/mol. The second kappa shape index (κ2) is 12.2. The van der Waals surface area contributed by atoms with Crippen molar-refractivity contribution in [2.75, 3.05) is 19.8 Å². The summed E-state index contributed by atoms with van der Waals surface area (Å²) < 4.78 is 5.66. The van der Waals surface area contributed by atoms with Gasteiger partial charge >= 0.3 is 0 Å². The molecule has 0 bridgehead atoms. The van der Waals surface area contributed by atoms with E-state index in [1.165, 1.54) is 18.4 Å². The molecule has 1 aliphatic rings. The minimum atomic E-state index is 0. The Kier molecular flexibility index (Phi) is 12.1. The molecule has 0 amide bonds. The molecule has 0 unspecified atom stereocenters. The first-order valence-corrected chi connectivity index (χ1v) is 7.45. The maximum absolute atomic E-state index is 5.89. The third kappa shape index (κ3) is 8.64. The van der Waals surface area contributed by atoms with Crippen LogP contribution in [-0.2, 0) is 11.2 Å². The number of rotatable bonds is 7. The van der Waals surface area contributed by atoms with Crippen LogP contribution in [0.2, 0.25) is 0 Å². The van der Waals surface area contributed by atoms with Gasteiger partial charge in [-0.3, -0.25) is 0 Å². The summed E-state index contributed by atoms with van der Waals surface area (Å²) in [4.78, 5) is 0. The summed E-state index contributed by atoms with van der Waals surface area (Å²) in [6.45, 7) is 2.56. The largest absolute Gasteiger partial charge is 0.380 e. The molecule has 1 aliphatic carbocycles. The van der Waals surface area contributed by atoms with E-state index in [9.17, 15) is 0 Å². The minimum Gasteiger partial charge on any atom is -0.380 e. The monoisotopic (exact) mass is 334 g/mol. The van der Waals surface area contributed by atoms with Crippen LogP contribution in [0, 0.1) is 0 Å². The molecule has 1 fully saturated rings. The fourth-order valence-corrected chi connectivity index (χ4v) is 2.60. The van der Waals surface area contributed by atoms with E-state index in [2.05, 4.69) is 29.6 Å². The van der Waals surface area contributed by atoms with Crippen molar-refractivity contribution in [1.29, 1.82) is 0 Å². The van der Waals surface area contributed by atoms with Gasteiger partial charge in [-0.15, -0.1) is 24.8 Å². The number of benzene rings is 1. The van der Waals surface area contributed by atoms with Crippen molar-refractivity contribution in [3.05, 3.63) is 35.9 Å². The topological polar surface area (TPSA) is 47.3 Å². The standard InChI is InChI=1S/C16H26N2O.2ClH/c17-15-6-8-16(9-7-15)18-11-13-19-12-10-14-4-2-1-3-5-14;;/h1-5,15-16,18H,6-13,17H2;2*1H/t15-,16-;;. The van der Waals surface area contributed by atoms with Crippen molar-refractivity contribution in [2.45, 2.75) is 44.2 Å². The van der Waals surface area contributed by atoms with Crippen LogP contribution in [-0.4, -0.2) is 31.8 Å². The first-order chi connectivity index (χ1) is 9.34. The summed E-state index contributed by atoms with van der Waals surface area (Å²) in [5.74, 6) is 0. The summed E-state index contributed by atoms with van der Waals surface area (Å²) in [5, 5.41) is 3.56. The Bertz CT molecular complexity index is 343. The Morgan fingerprint density at radius 1 is 1.00 bits per heavy atom. The number of nitrogens with two attached hydrogens (primary N) is 1. The zero-order valence-electron chi connectivity index (χ0n) is 12.5. The molecule has 0 radical (unpaired) electrons. The zero-order chi connectivity index (χ0) is 13.3. The average Bonchev–Trinajstić information content (AvgIpc) is 2.46. The molecular formula is C16H28Cl2N2O. The highest BCUT2D eigenvalue weighted by Gasteiger charge is 2.17. The maximum atomic E-state index is 5.89. The molecular weight excluding hydrogens is 307 g/mol. The Balaban J connectivity index is 0.00000200. The predicted octanol–water partition coefficient (Wildman–Crippen LogP) is 2.95. The van der Waals surface area contributed by atoms with Gasteiger partial charge in [0.2, 0.25) is 0 Å². The first-order valence-electron chi connectivity index (χ1n) is 7.45. The van der Waals surface area contributed by atoms with Gasteiger partial charge in [0.1, 0.15) is 0 Å². The Morgan fingerprint density at radius 2 is 1.67 bits per heavy atom. The van der Waals surface area contributed by atoms with Crippen molar-refractivity contribution in [3.63, 3.8) is 0 Å². The third-order valence-electron chi connectivity index (χ3n) is 3.83. The van der Waals surface area contributed by atoms with Gasteiger partial charge in [-0.05, 0) is 37.7 Å². The second-order valence-corrected chi connectivity index (χ2v) is 5.41. The van der Waals surface area contributed by atoms with Crippen molar-refractivity contribution in [3.8, 4) is 0 Å². The van der Waals surface area contributed by atoms with Gasteiger partial charge < -0.3 is 15.8 Å². The molecule has 122 valence electrons. The molecule has 0 atom stereocenters. The molecule has 3 N–H and O–H groups in total. The van der Waals surface area contributed by atoms with Crippen molar-refractivity contribution in [1.82, 2.24) is 5.32 Å². The van der Waals surface area contributed by atoms with Gasteiger partial charge in [0, 0.05) is 18.6 Å². The van der Waals surface area contributed by atoms with E-state index in [1.54, 1.807) is 0 Å². The number of halogens is 2. The van der Waals surface area contributed by atoms with Crippen LogP contribution < -0.4 is 11.1 Å². The lowest BCUT2D eigenvalue weighted by atomic mass is 9.92. The third-order valence-corrected chi connectivity index (χ3v) is 3.83. The van der Waals surface area contributed by atoms with Crippen LogP contribution in [0.3, 0.4) is 0 Å². The van der Waals surface area contributed by atoms with Gasteiger partial charge in [0.05, 0.1) is 13.2 Å². The van der Waals surface area contributed by atoms with E-state index in [4.69, 9.17) is 10.5 Å². The summed E-state index contributed by atoms with van der Waals surface area (Å²) in [6, 6.07) is 11.6. The quantitative estimate of drug-likeness (QED) is 0.753. The lowest BCUT2D eigenvalue weighted by molar-refractivity contribution is 0.134. The molecule has 2 rings (SSSR count). The summed E-state index contributed by atoms with van der Waals surface area (Å²) in [6.07, 6.45) is 5.74. The molecule has 1 aromatic carbocycles. The molecule has 3 nitrogen and oxygen atoms in total. The molecule has 0 spiro atoms. The van der Waals surface area contributed by atoms with E-state index >= 15 is 0 Å². The highest BCUT2D eigenvalue weighted by molar-refractivity contribution is 5.85. The maximum Gasteiger partial charge on any atom is 0.0591 e. The van der Waals surface area contributed by atoms with E-state index in [-0.39, 0.29) is 24.8 Å². The average molecular weight is 335 g/mol. The summed E-state index contributed by atoms with van der Waals surface area (Å²) in [7, 11) is 0. The molecule has 5 heteroatoms. The van der Waals surface area contributed by atoms with Crippen molar-refractivity contribution >= 4 is 24.8 Å². The smallest absolute Gasteiger partial charge is 0.0591 e. The van der Waals surface area contributed by atoms with Gasteiger partial charge in [0.15, 0.2) is 0 Å². The van der Waals surface area contributed by atoms with Gasteiger partial charge in [0.25, 0.3) is 0 Å². The van der Waals surface area contributed by atoms with Gasteiger partial charge in [-0.1, -0.05) is 30.3 Å². The molecule has 0 aromatic heterocycles. The molecule has 1 saturated carbocycles. The zero-order valence-corrected chi connectivity index (χ0v) is 14.1. The molecule has 0 saturated heterocycles. The van der Waals surface area contributed by atoms with Crippen LogP contribution in [0.1, 0.15) is 31.2 Å². The lowest BCUT2D eigenvalue weighted by Gasteiger charge is -2.26. The Morgan fingerprint density at radius 3 is 2.33 bits per heavy atom. The summed E-state index contributed by atoms with van der Waals surface area (Å²) in [5.41, 5.74) is 7.24. The Hall–Kier alpha value is -0.320. The minimum absolute atomic E-state index is 0. The van der Waals surface area contributed by atoms with Crippen molar-refractivity contribution in [2.24, 2.45) is 5.73 Å². The number of ether oxygens (including phenoxy) is 1. The SMILES string of the molecule is Cl.Cl.N[C@H]1CC[C@H](NCCOCCc2ccccc2)CC1. The molecule has 0 heterocycles. The van der Waals surface area contributed by atoms with E-state index in [1.807, 2.05) is 6.07 Å². The van der Waals surface area contributed by atoms with Crippen LogP contribution in [0.5, 0.6) is 0 Å². The number of hydrogen-bond acceptors (Lipinski definition) is 3. The van der Waals surface area contributed by atoms with Crippen LogP contribution in [0.25, 0.3) is 0 Å². The van der Waals surface area contributed by atoms with E-state index in [0.717, 1.165) is 39.0 Å². The second-order valence-electron chi connectivity index (χ2n) is 5.41. The number of hydrogen-bond donors (Lipinski definition) is 2. The van der Waals surface area contributed by atoms with Crippen LogP contribution in [0.15, 0.2) is 30.3 Å².